The van der Waals surface area contributed by atoms with Crippen LogP contribution in [0, 0.1) is 17.1 Å². The lowest BCUT2D eigenvalue weighted by Crippen LogP contribution is -1.96. The van der Waals surface area contributed by atoms with Crippen molar-refractivity contribution in [2.75, 3.05) is 5.73 Å². The average Bonchev–Trinajstić information content (AvgIpc) is 2.36. The third kappa shape index (κ3) is 2.57. The van der Waals surface area contributed by atoms with E-state index in [2.05, 4.69) is 20.9 Å². The smallest absolute Gasteiger partial charge is 0.237 e. The van der Waals surface area contributed by atoms with E-state index in [-0.39, 0.29) is 17.2 Å². The summed E-state index contributed by atoms with van der Waals surface area (Å²) in [5, 5.41) is 8.92. The Morgan fingerprint density at radius 3 is 2.89 bits per heavy atom. The highest BCUT2D eigenvalue weighted by Crippen LogP contribution is 2.28. The molecule has 1 aromatic carbocycles. The fourth-order valence-corrected chi connectivity index (χ4v) is 1.63. The number of nitrogens with zero attached hydrogens (tertiary/aromatic N) is 2. The molecule has 1 heterocycles. The Kier molecular flexibility index (Phi) is 3.44. The Bertz CT molecular complexity index is 640. The third-order valence-electron chi connectivity index (χ3n) is 2.09. The summed E-state index contributed by atoms with van der Waals surface area (Å²) in [6, 6.07) is 7.56. The van der Waals surface area contributed by atoms with Crippen molar-refractivity contribution in [3.8, 4) is 17.7 Å². The molecule has 0 atom stereocenters. The predicted octanol–water partition coefficient (Wildman–Crippen LogP) is 3.23. The predicted molar refractivity (Wildman–Crippen MR) is 67.5 cm³/mol. The molecule has 4 nitrogen and oxygen atoms in total. The first-order chi connectivity index (χ1) is 8.60. The SMILES string of the molecule is N#Cc1cc(N)cnc1Oc1cc(Br)ccc1F. The van der Waals surface area contributed by atoms with Crippen molar-refractivity contribution in [2.24, 2.45) is 0 Å². The van der Waals surface area contributed by atoms with E-state index in [1.165, 1.54) is 24.4 Å². The number of nitrogen functional groups attached to an aromatic ring is 1. The van der Waals surface area contributed by atoms with Crippen LogP contribution in [0.15, 0.2) is 34.9 Å². The molecule has 2 aromatic rings. The van der Waals surface area contributed by atoms with E-state index in [0.717, 1.165) is 0 Å². The van der Waals surface area contributed by atoms with Gasteiger partial charge in [0, 0.05) is 4.47 Å². The van der Waals surface area contributed by atoms with Gasteiger partial charge < -0.3 is 10.5 Å². The molecule has 0 aliphatic heterocycles. The highest BCUT2D eigenvalue weighted by Gasteiger charge is 2.10. The highest BCUT2D eigenvalue weighted by atomic mass is 79.9. The van der Waals surface area contributed by atoms with Gasteiger partial charge in [0.05, 0.1) is 11.9 Å². The van der Waals surface area contributed by atoms with Crippen LogP contribution in [0.5, 0.6) is 11.6 Å². The van der Waals surface area contributed by atoms with Gasteiger partial charge in [-0.3, -0.25) is 0 Å². The normalized spacial score (nSPS) is 9.83. The van der Waals surface area contributed by atoms with Crippen molar-refractivity contribution in [3.05, 3.63) is 46.3 Å². The lowest BCUT2D eigenvalue weighted by molar-refractivity contribution is 0.426. The Morgan fingerprint density at radius 2 is 2.17 bits per heavy atom. The summed E-state index contributed by atoms with van der Waals surface area (Å²) in [4.78, 5) is 3.86. The number of hydrogen-bond acceptors (Lipinski definition) is 4. The van der Waals surface area contributed by atoms with Crippen LogP contribution in [0.3, 0.4) is 0 Å². The average molecular weight is 308 g/mol. The standard InChI is InChI=1S/C12H7BrFN3O/c13-8-1-2-10(14)11(4-8)18-12-7(5-15)3-9(16)6-17-12/h1-4,6H,16H2. The van der Waals surface area contributed by atoms with Gasteiger partial charge in [0.2, 0.25) is 5.88 Å². The summed E-state index contributed by atoms with van der Waals surface area (Å²) in [6.07, 6.45) is 1.34. The summed E-state index contributed by atoms with van der Waals surface area (Å²) in [7, 11) is 0. The second-order valence-electron chi connectivity index (χ2n) is 3.41. The van der Waals surface area contributed by atoms with E-state index < -0.39 is 5.82 Å². The molecule has 0 aliphatic carbocycles. The maximum Gasteiger partial charge on any atom is 0.237 e. The molecule has 2 rings (SSSR count). The van der Waals surface area contributed by atoms with Crippen molar-refractivity contribution in [1.82, 2.24) is 4.98 Å². The summed E-state index contributed by atoms with van der Waals surface area (Å²) >= 11 is 3.20. The first kappa shape index (κ1) is 12.3. The van der Waals surface area contributed by atoms with E-state index in [4.69, 9.17) is 15.7 Å². The van der Waals surface area contributed by atoms with Crippen LogP contribution in [0.4, 0.5) is 10.1 Å². The summed E-state index contributed by atoms with van der Waals surface area (Å²) in [5.41, 5.74) is 5.99. The van der Waals surface area contributed by atoms with Gasteiger partial charge in [-0.15, -0.1) is 0 Å². The van der Waals surface area contributed by atoms with E-state index in [1.807, 2.05) is 6.07 Å². The Balaban J connectivity index is 2.40. The largest absolute Gasteiger partial charge is 0.435 e. The minimum atomic E-state index is -0.541. The van der Waals surface area contributed by atoms with Gasteiger partial charge in [0.25, 0.3) is 0 Å². The number of aromatic nitrogens is 1. The maximum absolute atomic E-state index is 13.5. The summed E-state index contributed by atoms with van der Waals surface area (Å²) < 4.78 is 19.4. The Labute approximate surface area is 111 Å². The minimum absolute atomic E-state index is 0.0156. The maximum atomic E-state index is 13.5. The zero-order chi connectivity index (χ0) is 13.1. The van der Waals surface area contributed by atoms with Gasteiger partial charge in [-0.25, -0.2) is 9.37 Å². The lowest BCUT2D eigenvalue weighted by atomic mass is 10.2. The molecule has 0 fully saturated rings. The molecule has 0 radical (unpaired) electrons. The second-order valence-corrected chi connectivity index (χ2v) is 4.33. The fraction of sp³-hybridized carbons (Fsp3) is 0. The molecule has 1 aromatic heterocycles. The molecule has 18 heavy (non-hydrogen) atoms. The fourth-order valence-electron chi connectivity index (χ4n) is 1.29. The number of ether oxygens (including phenoxy) is 1. The number of anilines is 1. The molecular weight excluding hydrogens is 301 g/mol. The molecular formula is C12H7BrFN3O. The summed E-state index contributed by atoms with van der Waals surface area (Å²) in [5.74, 6) is -0.539. The Morgan fingerprint density at radius 1 is 1.39 bits per heavy atom. The number of halogens is 2. The van der Waals surface area contributed by atoms with Crippen LogP contribution < -0.4 is 10.5 Å². The van der Waals surface area contributed by atoms with E-state index in [0.29, 0.717) is 10.2 Å². The Hall–Kier alpha value is -2.13. The highest BCUT2D eigenvalue weighted by molar-refractivity contribution is 9.10. The molecule has 0 saturated carbocycles. The number of nitrogens with two attached hydrogens (primary N) is 1. The molecule has 0 aliphatic rings. The van der Waals surface area contributed by atoms with E-state index in [9.17, 15) is 4.39 Å². The van der Waals surface area contributed by atoms with E-state index in [1.54, 1.807) is 6.07 Å². The number of rotatable bonds is 2. The summed E-state index contributed by atoms with van der Waals surface area (Å²) in [6.45, 7) is 0. The molecule has 0 saturated heterocycles. The lowest BCUT2D eigenvalue weighted by Gasteiger charge is -2.07. The number of pyridine rings is 1. The van der Waals surface area contributed by atoms with Crippen LogP contribution >= 0.6 is 15.9 Å². The van der Waals surface area contributed by atoms with Crippen LogP contribution in [-0.4, -0.2) is 4.98 Å². The van der Waals surface area contributed by atoms with E-state index >= 15 is 0 Å². The monoisotopic (exact) mass is 307 g/mol. The molecule has 0 amide bonds. The van der Waals surface area contributed by atoms with Crippen LogP contribution in [0.25, 0.3) is 0 Å². The van der Waals surface area contributed by atoms with Crippen LogP contribution in [0.2, 0.25) is 0 Å². The molecule has 6 heteroatoms. The molecule has 2 N–H and O–H groups in total. The van der Waals surface area contributed by atoms with Gasteiger partial charge in [0.15, 0.2) is 11.6 Å². The molecule has 0 bridgehead atoms. The van der Waals surface area contributed by atoms with Gasteiger partial charge >= 0.3 is 0 Å². The molecule has 90 valence electrons. The number of benzene rings is 1. The third-order valence-corrected chi connectivity index (χ3v) is 2.59. The van der Waals surface area contributed by atoms with Crippen molar-refractivity contribution in [2.45, 2.75) is 0 Å². The van der Waals surface area contributed by atoms with Crippen molar-refractivity contribution in [3.63, 3.8) is 0 Å². The molecule has 0 spiro atoms. The van der Waals surface area contributed by atoms with Gasteiger partial charge in [-0.1, -0.05) is 15.9 Å². The second kappa shape index (κ2) is 5.02. The first-order valence-corrected chi connectivity index (χ1v) is 5.68. The minimum Gasteiger partial charge on any atom is -0.435 e. The van der Waals surface area contributed by atoms with Crippen LogP contribution in [-0.2, 0) is 0 Å². The zero-order valence-electron chi connectivity index (χ0n) is 9.02. The first-order valence-electron chi connectivity index (χ1n) is 4.88. The van der Waals surface area contributed by atoms with Crippen molar-refractivity contribution >= 4 is 21.6 Å². The van der Waals surface area contributed by atoms with Gasteiger partial charge in [-0.05, 0) is 24.3 Å². The zero-order valence-corrected chi connectivity index (χ0v) is 10.6. The van der Waals surface area contributed by atoms with Crippen molar-refractivity contribution < 1.29 is 9.13 Å². The van der Waals surface area contributed by atoms with Gasteiger partial charge in [0.1, 0.15) is 11.6 Å². The van der Waals surface area contributed by atoms with Crippen molar-refractivity contribution in [1.29, 1.82) is 5.26 Å². The topological polar surface area (TPSA) is 71.9 Å². The number of hydrogen-bond donors (Lipinski definition) is 1. The quantitative estimate of drug-likeness (QED) is 0.924. The number of nitriles is 1. The molecule has 0 unspecified atom stereocenters. The van der Waals surface area contributed by atoms with Gasteiger partial charge in [-0.2, -0.15) is 5.26 Å². The van der Waals surface area contributed by atoms with Crippen LogP contribution in [0.1, 0.15) is 5.56 Å².